The number of likely N-dealkylation sites (tertiary alicyclic amines) is 1. The van der Waals surface area contributed by atoms with Crippen molar-refractivity contribution in [3.05, 3.63) is 5.15 Å². The smallest absolute Gasteiger partial charge is 0.187 e. The van der Waals surface area contributed by atoms with Crippen LogP contribution in [0.1, 0.15) is 32.1 Å². The van der Waals surface area contributed by atoms with Gasteiger partial charge in [0, 0.05) is 19.1 Å². The van der Waals surface area contributed by atoms with E-state index in [1.165, 1.54) is 56.9 Å². The van der Waals surface area contributed by atoms with Crippen LogP contribution in [-0.4, -0.2) is 45.9 Å². The minimum absolute atomic E-state index is 0.566. The lowest BCUT2D eigenvalue weighted by Crippen LogP contribution is -2.46. The van der Waals surface area contributed by atoms with Crippen molar-refractivity contribution in [2.45, 2.75) is 38.1 Å². The van der Waals surface area contributed by atoms with Crippen molar-refractivity contribution in [1.82, 2.24) is 13.6 Å². The van der Waals surface area contributed by atoms with Crippen molar-refractivity contribution in [3.8, 4) is 0 Å². The Hall–Kier alpha value is -0.390. The average Bonchev–Trinajstić information content (AvgIpc) is 2.86. The predicted octanol–water partition coefficient (Wildman–Crippen LogP) is 2.65. The molecule has 0 spiro atoms. The molecule has 2 saturated heterocycles. The summed E-state index contributed by atoms with van der Waals surface area (Å²) in [6.07, 6.45) is 6.63. The molecule has 0 saturated carbocycles. The standard InChI is InChI=1S/C12H19ClN4S/c13-11-12(15-18-14-11)17-8-4-10(5-9-17)16-6-2-1-3-7-16/h10H,1-9H2. The maximum atomic E-state index is 6.04. The normalized spacial score (nSPS) is 23.5. The molecule has 18 heavy (non-hydrogen) atoms. The Morgan fingerprint density at radius 1 is 1.00 bits per heavy atom. The van der Waals surface area contributed by atoms with Gasteiger partial charge in [-0.05, 0) is 38.8 Å². The van der Waals surface area contributed by atoms with Gasteiger partial charge in [0.25, 0.3) is 0 Å². The van der Waals surface area contributed by atoms with Crippen LogP contribution in [0.3, 0.4) is 0 Å². The van der Waals surface area contributed by atoms with E-state index in [2.05, 4.69) is 18.5 Å². The van der Waals surface area contributed by atoms with E-state index >= 15 is 0 Å². The van der Waals surface area contributed by atoms with Gasteiger partial charge in [0.1, 0.15) is 0 Å². The molecule has 0 unspecified atom stereocenters. The Bertz CT molecular complexity index is 383. The maximum absolute atomic E-state index is 6.04. The summed E-state index contributed by atoms with van der Waals surface area (Å²) >= 11 is 7.25. The largest absolute Gasteiger partial charge is 0.353 e. The van der Waals surface area contributed by atoms with Gasteiger partial charge in [-0.2, -0.15) is 8.75 Å². The molecule has 2 aliphatic rings. The summed E-state index contributed by atoms with van der Waals surface area (Å²) in [6, 6.07) is 0.770. The van der Waals surface area contributed by atoms with Crippen molar-refractivity contribution >= 4 is 29.1 Å². The zero-order valence-corrected chi connectivity index (χ0v) is 12.1. The Morgan fingerprint density at radius 3 is 2.33 bits per heavy atom. The van der Waals surface area contributed by atoms with E-state index in [1.807, 2.05) is 0 Å². The second-order valence-electron chi connectivity index (χ2n) is 5.19. The van der Waals surface area contributed by atoms with Crippen LogP contribution in [0.15, 0.2) is 0 Å². The first kappa shape index (κ1) is 12.6. The molecule has 6 heteroatoms. The lowest BCUT2D eigenvalue weighted by atomic mass is 10.00. The minimum Gasteiger partial charge on any atom is -0.353 e. The molecule has 3 rings (SSSR count). The molecule has 0 aliphatic carbocycles. The molecule has 0 atom stereocenters. The van der Waals surface area contributed by atoms with E-state index < -0.39 is 0 Å². The van der Waals surface area contributed by atoms with Gasteiger partial charge in [-0.25, -0.2) is 0 Å². The quantitative estimate of drug-likeness (QED) is 0.837. The molecule has 0 radical (unpaired) electrons. The molecule has 1 aromatic heterocycles. The highest BCUT2D eigenvalue weighted by atomic mass is 35.5. The number of nitrogens with zero attached hydrogens (tertiary/aromatic N) is 4. The van der Waals surface area contributed by atoms with Crippen molar-refractivity contribution in [2.24, 2.45) is 0 Å². The highest BCUT2D eigenvalue weighted by Gasteiger charge is 2.27. The van der Waals surface area contributed by atoms with Gasteiger partial charge >= 0.3 is 0 Å². The van der Waals surface area contributed by atoms with E-state index in [-0.39, 0.29) is 0 Å². The summed E-state index contributed by atoms with van der Waals surface area (Å²) < 4.78 is 8.33. The molecule has 0 amide bonds. The molecule has 0 N–H and O–H groups in total. The van der Waals surface area contributed by atoms with E-state index in [0.717, 1.165) is 24.9 Å². The number of rotatable bonds is 2. The first-order valence-corrected chi connectivity index (χ1v) is 7.92. The summed E-state index contributed by atoms with van der Waals surface area (Å²) in [7, 11) is 0. The van der Waals surface area contributed by atoms with Crippen molar-refractivity contribution in [2.75, 3.05) is 31.1 Å². The molecule has 2 aliphatic heterocycles. The number of hydrogen-bond donors (Lipinski definition) is 0. The lowest BCUT2D eigenvalue weighted by molar-refractivity contribution is 0.141. The summed E-state index contributed by atoms with van der Waals surface area (Å²) in [5.41, 5.74) is 0. The second-order valence-corrected chi connectivity index (χ2v) is 6.08. The molecule has 0 bridgehead atoms. The highest BCUT2D eigenvalue weighted by molar-refractivity contribution is 6.99. The van der Waals surface area contributed by atoms with Crippen LogP contribution in [-0.2, 0) is 0 Å². The van der Waals surface area contributed by atoms with E-state index in [0.29, 0.717) is 5.15 Å². The fourth-order valence-corrected chi connectivity index (χ4v) is 3.87. The number of anilines is 1. The van der Waals surface area contributed by atoms with Crippen LogP contribution in [0, 0.1) is 0 Å². The molecular formula is C12H19ClN4S. The van der Waals surface area contributed by atoms with Gasteiger partial charge in [0.05, 0.1) is 11.7 Å². The Labute approximate surface area is 117 Å². The molecule has 3 heterocycles. The number of aromatic nitrogens is 2. The Kier molecular flexibility index (Phi) is 4.01. The van der Waals surface area contributed by atoms with Crippen molar-refractivity contribution < 1.29 is 0 Å². The van der Waals surface area contributed by atoms with Crippen LogP contribution >= 0.6 is 23.3 Å². The van der Waals surface area contributed by atoms with E-state index in [9.17, 15) is 0 Å². The molecule has 1 aromatic rings. The predicted molar refractivity (Wildman–Crippen MR) is 75.6 cm³/mol. The Balaban J connectivity index is 1.56. The molecule has 4 nitrogen and oxygen atoms in total. The summed E-state index contributed by atoms with van der Waals surface area (Å²) in [6.45, 7) is 4.71. The van der Waals surface area contributed by atoms with Gasteiger partial charge in [-0.15, -0.1) is 0 Å². The number of halogens is 1. The third kappa shape index (κ3) is 2.63. The van der Waals surface area contributed by atoms with Crippen LogP contribution < -0.4 is 4.90 Å². The lowest BCUT2D eigenvalue weighted by Gasteiger charge is -2.40. The van der Waals surface area contributed by atoms with E-state index in [4.69, 9.17) is 11.6 Å². The zero-order chi connectivity index (χ0) is 12.4. The van der Waals surface area contributed by atoms with Crippen molar-refractivity contribution in [1.29, 1.82) is 0 Å². The molecule has 0 aromatic carbocycles. The Morgan fingerprint density at radius 2 is 1.72 bits per heavy atom. The van der Waals surface area contributed by atoms with Gasteiger partial charge < -0.3 is 9.80 Å². The SMILES string of the molecule is Clc1nsnc1N1CCC(N2CCCCC2)CC1. The molecular weight excluding hydrogens is 268 g/mol. The first-order valence-electron chi connectivity index (χ1n) is 6.81. The van der Waals surface area contributed by atoms with Gasteiger partial charge in [-0.3, -0.25) is 0 Å². The fraction of sp³-hybridized carbons (Fsp3) is 0.833. The van der Waals surface area contributed by atoms with Crippen molar-refractivity contribution in [3.63, 3.8) is 0 Å². The number of hydrogen-bond acceptors (Lipinski definition) is 5. The summed E-state index contributed by atoms with van der Waals surface area (Å²) in [5, 5.41) is 0.566. The third-order valence-electron chi connectivity index (χ3n) is 4.10. The topological polar surface area (TPSA) is 32.3 Å². The third-order valence-corrected chi connectivity index (χ3v) is 4.98. The first-order chi connectivity index (χ1) is 8.84. The summed E-state index contributed by atoms with van der Waals surface area (Å²) in [5.74, 6) is 0.888. The van der Waals surface area contributed by atoms with Gasteiger partial charge in [-0.1, -0.05) is 18.0 Å². The fourth-order valence-electron chi connectivity index (χ4n) is 3.09. The van der Waals surface area contributed by atoms with E-state index in [1.54, 1.807) is 0 Å². The minimum atomic E-state index is 0.566. The molecule has 2 fully saturated rings. The van der Waals surface area contributed by atoms with Crippen LogP contribution in [0.2, 0.25) is 5.15 Å². The highest BCUT2D eigenvalue weighted by Crippen LogP contribution is 2.28. The van der Waals surface area contributed by atoms with Crippen LogP contribution in [0.5, 0.6) is 0 Å². The van der Waals surface area contributed by atoms with Gasteiger partial charge in [0.15, 0.2) is 11.0 Å². The van der Waals surface area contributed by atoms with Gasteiger partial charge in [0.2, 0.25) is 0 Å². The van der Waals surface area contributed by atoms with Crippen LogP contribution in [0.4, 0.5) is 5.82 Å². The number of piperidine rings is 2. The van der Waals surface area contributed by atoms with Crippen LogP contribution in [0.25, 0.3) is 0 Å². The monoisotopic (exact) mass is 286 g/mol. The zero-order valence-electron chi connectivity index (χ0n) is 10.5. The average molecular weight is 287 g/mol. The second kappa shape index (κ2) is 5.72. The summed E-state index contributed by atoms with van der Waals surface area (Å²) in [4.78, 5) is 4.97. The maximum Gasteiger partial charge on any atom is 0.187 e. The molecule has 100 valence electrons.